The smallest absolute Gasteiger partial charge is 0.319 e. The maximum absolute atomic E-state index is 11.8. The van der Waals surface area contributed by atoms with Gasteiger partial charge < -0.3 is 10.6 Å². The van der Waals surface area contributed by atoms with Crippen molar-refractivity contribution in [3.8, 4) is 0 Å². The minimum atomic E-state index is -0.101. The van der Waals surface area contributed by atoms with Crippen LogP contribution in [0.15, 0.2) is 42.5 Å². The van der Waals surface area contributed by atoms with Gasteiger partial charge in [-0.05, 0) is 30.7 Å². The molecule has 1 aliphatic rings. The van der Waals surface area contributed by atoms with Crippen LogP contribution in [-0.4, -0.2) is 12.1 Å². The van der Waals surface area contributed by atoms with Crippen LogP contribution < -0.4 is 10.6 Å². The van der Waals surface area contributed by atoms with Crippen LogP contribution in [0.5, 0.6) is 0 Å². The summed E-state index contributed by atoms with van der Waals surface area (Å²) in [4.78, 5) is 11.8. The summed E-state index contributed by atoms with van der Waals surface area (Å²) in [6.07, 6.45) is 3.42. The predicted molar refractivity (Wildman–Crippen MR) is 73.7 cm³/mol. The normalized spacial score (nSPS) is 15.1. The van der Waals surface area contributed by atoms with E-state index >= 15 is 0 Å². The van der Waals surface area contributed by atoms with Crippen LogP contribution in [-0.2, 0) is 0 Å². The lowest BCUT2D eigenvalue weighted by molar-refractivity contribution is 0.240. The van der Waals surface area contributed by atoms with Gasteiger partial charge in [0.15, 0.2) is 0 Å². The summed E-state index contributed by atoms with van der Waals surface area (Å²) in [5.41, 5.74) is 0.866. The van der Waals surface area contributed by atoms with Crippen LogP contribution in [0.25, 0.3) is 10.8 Å². The van der Waals surface area contributed by atoms with Gasteiger partial charge in [0.1, 0.15) is 0 Å². The molecule has 92 valence electrons. The molecule has 0 unspecified atom stereocenters. The molecule has 0 atom stereocenters. The first-order valence-electron chi connectivity index (χ1n) is 6.38. The van der Waals surface area contributed by atoms with Crippen molar-refractivity contribution in [2.24, 2.45) is 0 Å². The van der Waals surface area contributed by atoms with Crippen LogP contribution >= 0.6 is 0 Å². The Morgan fingerprint density at radius 2 is 1.83 bits per heavy atom. The highest BCUT2D eigenvalue weighted by atomic mass is 16.2. The highest BCUT2D eigenvalue weighted by Gasteiger charge is 2.19. The number of benzene rings is 2. The molecule has 0 aromatic heterocycles. The molecular formula is C15H16N2O. The van der Waals surface area contributed by atoms with Crippen molar-refractivity contribution >= 4 is 22.5 Å². The van der Waals surface area contributed by atoms with Crippen molar-refractivity contribution in [3.63, 3.8) is 0 Å². The fraction of sp³-hybridized carbons (Fsp3) is 0.267. The van der Waals surface area contributed by atoms with Crippen LogP contribution in [0.1, 0.15) is 19.3 Å². The molecule has 2 aromatic carbocycles. The molecule has 1 saturated carbocycles. The number of carbonyl (C=O) groups is 1. The number of fused-ring (bicyclic) bond motifs is 1. The first kappa shape index (κ1) is 11.1. The quantitative estimate of drug-likeness (QED) is 0.828. The Morgan fingerprint density at radius 1 is 1.06 bits per heavy atom. The van der Waals surface area contributed by atoms with Gasteiger partial charge in [-0.3, -0.25) is 0 Å². The van der Waals surface area contributed by atoms with Gasteiger partial charge in [0, 0.05) is 11.4 Å². The van der Waals surface area contributed by atoms with Crippen LogP contribution in [0, 0.1) is 0 Å². The Kier molecular flexibility index (Phi) is 2.89. The first-order valence-corrected chi connectivity index (χ1v) is 6.38. The highest BCUT2D eigenvalue weighted by Crippen LogP contribution is 2.23. The number of anilines is 1. The van der Waals surface area contributed by atoms with E-state index in [1.165, 1.54) is 6.42 Å². The van der Waals surface area contributed by atoms with Gasteiger partial charge in [-0.15, -0.1) is 0 Å². The van der Waals surface area contributed by atoms with E-state index in [2.05, 4.69) is 10.6 Å². The SMILES string of the molecule is O=C(Nc1cccc2ccccc12)NC1CCC1. The highest BCUT2D eigenvalue weighted by molar-refractivity contribution is 6.01. The number of hydrogen-bond acceptors (Lipinski definition) is 1. The summed E-state index contributed by atoms with van der Waals surface area (Å²) in [6.45, 7) is 0. The van der Waals surface area contributed by atoms with Crippen molar-refractivity contribution in [2.75, 3.05) is 5.32 Å². The molecule has 0 heterocycles. The van der Waals surface area contributed by atoms with E-state index in [1.54, 1.807) is 0 Å². The minimum absolute atomic E-state index is 0.101. The second kappa shape index (κ2) is 4.69. The van der Waals surface area contributed by atoms with Gasteiger partial charge in [-0.1, -0.05) is 36.4 Å². The zero-order chi connectivity index (χ0) is 12.4. The molecule has 3 nitrogen and oxygen atoms in total. The van der Waals surface area contributed by atoms with Crippen molar-refractivity contribution < 1.29 is 4.79 Å². The molecule has 0 radical (unpaired) electrons. The lowest BCUT2D eigenvalue weighted by atomic mass is 9.93. The maximum Gasteiger partial charge on any atom is 0.319 e. The van der Waals surface area contributed by atoms with Crippen molar-refractivity contribution in [2.45, 2.75) is 25.3 Å². The summed E-state index contributed by atoms with van der Waals surface area (Å²) in [6, 6.07) is 14.3. The zero-order valence-corrected chi connectivity index (χ0v) is 10.1. The third kappa shape index (κ3) is 2.16. The second-order valence-electron chi connectivity index (χ2n) is 4.75. The fourth-order valence-electron chi connectivity index (χ4n) is 2.23. The van der Waals surface area contributed by atoms with E-state index in [9.17, 15) is 4.79 Å². The summed E-state index contributed by atoms with van der Waals surface area (Å²) in [5, 5.41) is 8.12. The first-order chi connectivity index (χ1) is 8.83. The van der Waals surface area contributed by atoms with E-state index in [-0.39, 0.29) is 6.03 Å². The third-order valence-electron chi connectivity index (χ3n) is 3.48. The Bertz CT molecular complexity index is 570. The van der Waals surface area contributed by atoms with Crippen molar-refractivity contribution in [1.29, 1.82) is 0 Å². The molecule has 2 N–H and O–H groups in total. The molecule has 2 amide bonds. The average molecular weight is 240 g/mol. The van der Waals surface area contributed by atoms with E-state index in [1.807, 2.05) is 42.5 Å². The molecule has 18 heavy (non-hydrogen) atoms. The number of hydrogen-bond donors (Lipinski definition) is 2. The van der Waals surface area contributed by atoms with Gasteiger partial charge in [-0.25, -0.2) is 4.79 Å². The Labute approximate surface area is 106 Å². The second-order valence-corrected chi connectivity index (χ2v) is 4.75. The zero-order valence-electron chi connectivity index (χ0n) is 10.1. The number of nitrogens with one attached hydrogen (secondary N) is 2. The molecule has 3 rings (SSSR count). The van der Waals surface area contributed by atoms with Gasteiger partial charge in [0.2, 0.25) is 0 Å². The maximum atomic E-state index is 11.8. The Morgan fingerprint density at radius 3 is 2.61 bits per heavy atom. The summed E-state index contributed by atoms with van der Waals surface area (Å²) in [7, 11) is 0. The lowest BCUT2D eigenvalue weighted by Gasteiger charge is -2.26. The molecule has 3 heteroatoms. The molecule has 1 fully saturated rings. The van der Waals surface area contributed by atoms with E-state index in [4.69, 9.17) is 0 Å². The standard InChI is InChI=1S/C15H16N2O/c18-15(16-12-7-4-8-12)17-14-10-3-6-11-5-1-2-9-13(11)14/h1-3,5-6,9-10,12H,4,7-8H2,(H2,16,17,18). The average Bonchev–Trinajstić information content (AvgIpc) is 2.34. The lowest BCUT2D eigenvalue weighted by Crippen LogP contribution is -2.41. The van der Waals surface area contributed by atoms with Gasteiger partial charge in [0.05, 0.1) is 5.69 Å². The number of rotatable bonds is 2. The third-order valence-corrected chi connectivity index (χ3v) is 3.48. The van der Waals surface area contributed by atoms with Gasteiger partial charge in [-0.2, -0.15) is 0 Å². The van der Waals surface area contributed by atoms with Crippen LogP contribution in [0.3, 0.4) is 0 Å². The molecule has 1 aliphatic carbocycles. The minimum Gasteiger partial charge on any atom is -0.335 e. The Hall–Kier alpha value is -2.03. The fourth-order valence-corrected chi connectivity index (χ4v) is 2.23. The summed E-state index contributed by atoms with van der Waals surface area (Å²) < 4.78 is 0. The molecule has 0 saturated heterocycles. The number of carbonyl (C=O) groups excluding carboxylic acids is 1. The van der Waals surface area contributed by atoms with E-state index in [0.29, 0.717) is 6.04 Å². The molecule has 0 aliphatic heterocycles. The summed E-state index contributed by atoms with van der Waals surface area (Å²) in [5.74, 6) is 0. The largest absolute Gasteiger partial charge is 0.335 e. The van der Waals surface area contributed by atoms with Gasteiger partial charge in [0.25, 0.3) is 0 Å². The number of urea groups is 1. The Balaban J connectivity index is 1.79. The number of amides is 2. The summed E-state index contributed by atoms with van der Waals surface area (Å²) >= 11 is 0. The molecular weight excluding hydrogens is 224 g/mol. The topological polar surface area (TPSA) is 41.1 Å². The van der Waals surface area contributed by atoms with Crippen molar-refractivity contribution in [3.05, 3.63) is 42.5 Å². The predicted octanol–water partition coefficient (Wildman–Crippen LogP) is 3.51. The van der Waals surface area contributed by atoms with Crippen LogP contribution in [0.4, 0.5) is 10.5 Å². The van der Waals surface area contributed by atoms with E-state index in [0.717, 1.165) is 29.3 Å². The molecule has 0 spiro atoms. The van der Waals surface area contributed by atoms with Crippen LogP contribution in [0.2, 0.25) is 0 Å². The van der Waals surface area contributed by atoms with Crippen molar-refractivity contribution in [1.82, 2.24) is 5.32 Å². The monoisotopic (exact) mass is 240 g/mol. The molecule has 2 aromatic rings. The molecule has 0 bridgehead atoms. The van der Waals surface area contributed by atoms with E-state index < -0.39 is 0 Å². The van der Waals surface area contributed by atoms with Gasteiger partial charge >= 0.3 is 6.03 Å².